The van der Waals surface area contributed by atoms with Gasteiger partial charge in [-0.25, -0.2) is 0 Å². The van der Waals surface area contributed by atoms with E-state index in [0.717, 1.165) is 24.3 Å². The van der Waals surface area contributed by atoms with E-state index in [1.165, 1.54) is 10.4 Å². The molecule has 3 heterocycles. The van der Waals surface area contributed by atoms with Crippen LogP contribution in [0.5, 0.6) is 0 Å². The zero-order valence-electron chi connectivity index (χ0n) is 12.3. The molecule has 0 N–H and O–H groups in total. The first-order chi connectivity index (χ1) is 9.53. The average Bonchev–Trinajstić information content (AvgIpc) is 2.75. The Balaban J connectivity index is 1.63. The summed E-state index contributed by atoms with van der Waals surface area (Å²) in [6.45, 7) is 6.23. The molecule has 2 fully saturated rings. The van der Waals surface area contributed by atoms with E-state index in [1.54, 1.807) is 18.4 Å². The minimum absolute atomic E-state index is 0.139. The SMILES string of the molecule is CO[C@@H]1CCOC2(C1)CN(C(=O)c1cc(C)c(C)s1)C2. The Labute approximate surface area is 123 Å². The highest BCUT2D eigenvalue weighted by molar-refractivity contribution is 7.14. The van der Waals surface area contributed by atoms with E-state index in [9.17, 15) is 4.79 Å². The first kappa shape index (κ1) is 14.0. The lowest BCUT2D eigenvalue weighted by molar-refractivity contribution is -0.181. The molecule has 0 saturated carbocycles. The number of rotatable bonds is 2. The van der Waals surface area contributed by atoms with Gasteiger partial charge in [0.15, 0.2) is 0 Å². The van der Waals surface area contributed by atoms with Gasteiger partial charge >= 0.3 is 0 Å². The Hall–Kier alpha value is -0.910. The van der Waals surface area contributed by atoms with Crippen LogP contribution in [0, 0.1) is 13.8 Å². The van der Waals surface area contributed by atoms with E-state index in [0.29, 0.717) is 13.1 Å². The summed E-state index contributed by atoms with van der Waals surface area (Å²) < 4.78 is 11.3. The summed E-state index contributed by atoms with van der Waals surface area (Å²) in [7, 11) is 1.75. The van der Waals surface area contributed by atoms with Crippen LogP contribution in [-0.4, -0.2) is 49.3 Å². The summed E-state index contributed by atoms with van der Waals surface area (Å²) in [5.74, 6) is 0.139. The normalized spacial score (nSPS) is 24.8. The maximum atomic E-state index is 12.4. The molecule has 2 aliphatic rings. The number of thiophene rings is 1. The Kier molecular flexibility index (Phi) is 3.60. The van der Waals surface area contributed by atoms with Crippen LogP contribution in [0.4, 0.5) is 0 Å². The minimum atomic E-state index is -0.157. The second-order valence-corrected chi connectivity index (χ2v) is 7.15. The van der Waals surface area contributed by atoms with Gasteiger partial charge in [0.1, 0.15) is 5.60 Å². The number of methoxy groups -OCH3 is 1. The van der Waals surface area contributed by atoms with Crippen LogP contribution < -0.4 is 0 Å². The lowest BCUT2D eigenvalue weighted by atomic mass is 9.84. The number of amides is 1. The number of nitrogens with zero attached hydrogens (tertiary/aromatic N) is 1. The molecule has 20 heavy (non-hydrogen) atoms. The topological polar surface area (TPSA) is 38.8 Å². The number of hydrogen-bond donors (Lipinski definition) is 0. The molecule has 0 radical (unpaired) electrons. The molecular weight excluding hydrogens is 274 g/mol. The summed E-state index contributed by atoms with van der Waals surface area (Å²) in [5.41, 5.74) is 1.04. The second-order valence-electron chi connectivity index (χ2n) is 5.89. The molecule has 2 saturated heterocycles. The molecule has 110 valence electrons. The highest BCUT2D eigenvalue weighted by Crippen LogP contribution is 2.36. The van der Waals surface area contributed by atoms with Gasteiger partial charge in [0.05, 0.1) is 24.1 Å². The van der Waals surface area contributed by atoms with E-state index >= 15 is 0 Å². The lowest BCUT2D eigenvalue weighted by Gasteiger charge is -2.52. The van der Waals surface area contributed by atoms with Crippen molar-refractivity contribution in [3.05, 3.63) is 21.4 Å². The first-order valence-electron chi connectivity index (χ1n) is 7.06. The molecule has 1 spiro atoms. The molecule has 0 bridgehead atoms. The predicted molar refractivity (Wildman–Crippen MR) is 78.4 cm³/mol. The molecule has 0 aliphatic carbocycles. The van der Waals surface area contributed by atoms with Crippen molar-refractivity contribution in [1.82, 2.24) is 4.90 Å². The van der Waals surface area contributed by atoms with Crippen LogP contribution in [0.1, 0.15) is 33.0 Å². The fourth-order valence-electron chi connectivity index (χ4n) is 3.03. The third kappa shape index (κ3) is 2.38. The summed E-state index contributed by atoms with van der Waals surface area (Å²) >= 11 is 1.58. The van der Waals surface area contributed by atoms with Crippen LogP contribution in [0.3, 0.4) is 0 Å². The molecule has 1 atom stereocenters. The number of carbonyl (C=O) groups excluding carboxylic acids is 1. The van der Waals surface area contributed by atoms with Crippen molar-refractivity contribution in [1.29, 1.82) is 0 Å². The number of ether oxygens (including phenoxy) is 2. The predicted octanol–water partition coefficient (Wildman–Crippen LogP) is 2.38. The monoisotopic (exact) mass is 295 g/mol. The van der Waals surface area contributed by atoms with Gasteiger partial charge in [-0.15, -0.1) is 11.3 Å². The van der Waals surface area contributed by atoms with Crippen LogP contribution in [0.25, 0.3) is 0 Å². The van der Waals surface area contributed by atoms with Gasteiger partial charge in [-0.3, -0.25) is 4.79 Å². The van der Waals surface area contributed by atoms with Gasteiger partial charge in [-0.05, 0) is 31.9 Å². The molecule has 1 amide bonds. The van der Waals surface area contributed by atoms with Crippen molar-refractivity contribution in [3.8, 4) is 0 Å². The molecule has 1 aromatic heterocycles. The molecule has 2 aliphatic heterocycles. The Morgan fingerprint density at radius 2 is 2.25 bits per heavy atom. The van der Waals surface area contributed by atoms with Crippen molar-refractivity contribution in [2.24, 2.45) is 0 Å². The fourth-order valence-corrected chi connectivity index (χ4v) is 4.03. The number of hydrogen-bond acceptors (Lipinski definition) is 4. The van der Waals surface area contributed by atoms with Crippen LogP contribution in [-0.2, 0) is 9.47 Å². The van der Waals surface area contributed by atoms with Crippen LogP contribution in [0.15, 0.2) is 6.07 Å². The van der Waals surface area contributed by atoms with Gasteiger partial charge in [0.25, 0.3) is 5.91 Å². The minimum Gasteiger partial charge on any atom is -0.381 e. The average molecular weight is 295 g/mol. The van der Waals surface area contributed by atoms with Gasteiger partial charge in [-0.1, -0.05) is 0 Å². The molecule has 0 unspecified atom stereocenters. The van der Waals surface area contributed by atoms with E-state index in [1.807, 2.05) is 17.9 Å². The van der Waals surface area contributed by atoms with E-state index in [4.69, 9.17) is 9.47 Å². The maximum Gasteiger partial charge on any atom is 0.264 e. The van der Waals surface area contributed by atoms with Crippen LogP contribution >= 0.6 is 11.3 Å². The summed E-state index contributed by atoms with van der Waals surface area (Å²) in [4.78, 5) is 16.4. The molecule has 4 nitrogen and oxygen atoms in total. The van der Waals surface area contributed by atoms with Gasteiger partial charge in [0.2, 0.25) is 0 Å². The van der Waals surface area contributed by atoms with Crippen molar-refractivity contribution >= 4 is 17.2 Å². The van der Waals surface area contributed by atoms with Crippen molar-refractivity contribution in [3.63, 3.8) is 0 Å². The number of carbonyl (C=O) groups is 1. The van der Waals surface area contributed by atoms with Crippen molar-refractivity contribution in [2.75, 3.05) is 26.8 Å². The molecular formula is C15H21NO3S. The van der Waals surface area contributed by atoms with Gasteiger partial charge in [-0.2, -0.15) is 0 Å². The molecule has 3 rings (SSSR count). The zero-order valence-corrected chi connectivity index (χ0v) is 13.1. The molecule has 5 heteroatoms. The summed E-state index contributed by atoms with van der Waals surface area (Å²) in [5, 5.41) is 0. The fraction of sp³-hybridized carbons (Fsp3) is 0.667. The van der Waals surface area contributed by atoms with Gasteiger partial charge in [0, 0.05) is 25.0 Å². The number of likely N-dealkylation sites (tertiary alicyclic amines) is 1. The summed E-state index contributed by atoms with van der Waals surface area (Å²) in [6.07, 6.45) is 2.12. The third-order valence-corrected chi connectivity index (χ3v) is 5.54. The third-order valence-electron chi connectivity index (χ3n) is 4.40. The lowest BCUT2D eigenvalue weighted by Crippen LogP contribution is -2.67. The molecule has 1 aromatic rings. The smallest absolute Gasteiger partial charge is 0.264 e. The van der Waals surface area contributed by atoms with E-state index < -0.39 is 0 Å². The van der Waals surface area contributed by atoms with Crippen molar-refractivity contribution < 1.29 is 14.3 Å². The number of aryl methyl sites for hydroxylation is 2. The Morgan fingerprint density at radius 3 is 2.85 bits per heavy atom. The Bertz CT molecular complexity index is 500. The van der Waals surface area contributed by atoms with E-state index in [-0.39, 0.29) is 17.6 Å². The van der Waals surface area contributed by atoms with Crippen molar-refractivity contribution in [2.45, 2.75) is 38.4 Å². The zero-order chi connectivity index (χ0) is 14.3. The summed E-state index contributed by atoms with van der Waals surface area (Å²) in [6, 6.07) is 1.99. The first-order valence-corrected chi connectivity index (χ1v) is 7.88. The Morgan fingerprint density at radius 1 is 1.50 bits per heavy atom. The quantitative estimate of drug-likeness (QED) is 0.841. The largest absolute Gasteiger partial charge is 0.381 e. The highest BCUT2D eigenvalue weighted by atomic mass is 32.1. The van der Waals surface area contributed by atoms with Gasteiger partial charge < -0.3 is 14.4 Å². The standard InChI is InChI=1S/C15H21NO3S/c1-10-6-13(20-11(10)2)14(17)16-8-15(9-16)7-12(18-3)4-5-19-15/h6,12H,4-5,7-9H2,1-3H3/t12-/m1/s1. The second kappa shape index (κ2) is 5.13. The maximum absolute atomic E-state index is 12.4. The highest BCUT2D eigenvalue weighted by Gasteiger charge is 2.49. The van der Waals surface area contributed by atoms with Crippen LogP contribution in [0.2, 0.25) is 0 Å². The van der Waals surface area contributed by atoms with E-state index in [2.05, 4.69) is 6.92 Å². The molecule has 0 aromatic carbocycles.